The van der Waals surface area contributed by atoms with Gasteiger partial charge in [0.25, 0.3) is 5.69 Å². The van der Waals surface area contributed by atoms with Crippen molar-refractivity contribution in [2.45, 2.75) is 30.3 Å². The Morgan fingerprint density at radius 1 is 1.55 bits per heavy atom. The Bertz CT molecular complexity index is 846. The second-order valence-corrected chi connectivity index (χ2v) is 8.13. The number of thioether (sulfide) groups is 1. The lowest BCUT2D eigenvalue weighted by Crippen LogP contribution is -2.21. The van der Waals surface area contributed by atoms with Gasteiger partial charge in [-0.25, -0.2) is 9.38 Å². The van der Waals surface area contributed by atoms with Gasteiger partial charge in [0.2, 0.25) is 4.80 Å². The van der Waals surface area contributed by atoms with Gasteiger partial charge in [-0.3, -0.25) is 14.7 Å². The van der Waals surface area contributed by atoms with Gasteiger partial charge in [0.05, 0.1) is 4.92 Å². The summed E-state index contributed by atoms with van der Waals surface area (Å²) in [6.07, 6.45) is 0. The molecule has 10 heteroatoms. The van der Waals surface area contributed by atoms with Crippen LogP contribution >= 0.6 is 34.9 Å². The van der Waals surface area contributed by atoms with Gasteiger partial charge < -0.3 is 0 Å². The monoisotopic (exact) mass is 360 g/mol. The van der Waals surface area contributed by atoms with E-state index >= 15 is 0 Å². The average molecular weight is 361 g/mol. The molecule has 0 radical (unpaired) electrons. The van der Waals surface area contributed by atoms with E-state index in [2.05, 4.69) is 23.2 Å². The van der Waals surface area contributed by atoms with E-state index in [1.165, 1.54) is 0 Å². The zero-order chi connectivity index (χ0) is 16.1. The highest BCUT2D eigenvalue weighted by atomic mass is 35.5. The highest BCUT2D eigenvalue weighted by molar-refractivity contribution is 8.00. The number of fused-ring (bicyclic) bond motifs is 1. The van der Waals surface area contributed by atoms with Crippen LogP contribution in [0.4, 0.5) is 15.8 Å². The number of hydrogen-bond donors (Lipinski definition) is 0. The summed E-state index contributed by atoms with van der Waals surface area (Å²) in [5, 5.41) is 11.5. The molecule has 0 saturated carbocycles. The van der Waals surface area contributed by atoms with Crippen molar-refractivity contribution in [2.24, 2.45) is 4.99 Å². The Kier molecular flexibility index (Phi) is 3.74. The molecule has 0 fully saturated rings. The number of nitro groups is 1. The van der Waals surface area contributed by atoms with Crippen molar-refractivity contribution >= 4 is 46.3 Å². The van der Waals surface area contributed by atoms with Gasteiger partial charge in [-0.1, -0.05) is 23.4 Å². The van der Waals surface area contributed by atoms with Crippen LogP contribution in [0.5, 0.6) is 0 Å². The predicted octanol–water partition coefficient (Wildman–Crippen LogP) is 3.76. The maximum absolute atomic E-state index is 14.0. The van der Waals surface area contributed by atoms with Crippen LogP contribution in [0.15, 0.2) is 22.3 Å². The summed E-state index contributed by atoms with van der Waals surface area (Å²) < 4.78 is 20.1. The second kappa shape index (κ2) is 5.32. The molecule has 2 heterocycles. The smallest absolute Gasteiger partial charge is 0.290 e. The molecule has 6 nitrogen and oxygen atoms in total. The number of nitro benzene ring substituents is 1. The lowest BCUT2D eigenvalue weighted by Gasteiger charge is -2.12. The Morgan fingerprint density at radius 3 is 2.95 bits per heavy atom. The molecule has 1 aliphatic rings. The second-order valence-electron chi connectivity index (χ2n) is 5.32. The molecule has 0 saturated heterocycles. The Hall–Kier alpha value is -1.45. The molecule has 3 rings (SSSR count). The molecule has 1 aliphatic heterocycles. The van der Waals surface area contributed by atoms with Crippen molar-refractivity contribution in [2.75, 3.05) is 0 Å². The topological polar surface area (TPSA) is 73.3 Å². The van der Waals surface area contributed by atoms with Gasteiger partial charge in [-0.15, -0.1) is 0 Å². The normalized spacial score (nSPS) is 16.8. The van der Waals surface area contributed by atoms with Crippen molar-refractivity contribution in [3.8, 4) is 0 Å². The average Bonchev–Trinajstić information content (AvgIpc) is 2.88. The first kappa shape index (κ1) is 15.4. The molecule has 0 spiro atoms. The lowest BCUT2D eigenvalue weighted by molar-refractivity contribution is -0.384. The zero-order valence-corrected chi connectivity index (χ0v) is 13.9. The molecule has 0 N–H and O–H groups in total. The van der Waals surface area contributed by atoms with Crippen molar-refractivity contribution < 1.29 is 9.31 Å². The SMILES string of the molecule is CC1(C)Cn2c(nsc2=Nc2cc([N+](=O)[O-])c(Cl)cc2F)S1. The first-order valence-electron chi connectivity index (χ1n) is 6.20. The van der Waals surface area contributed by atoms with Gasteiger partial charge in [0.15, 0.2) is 11.0 Å². The maximum Gasteiger partial charge on any atom is 0.290 e. The fourth-order valence-electron chi connectivity index (χ4n) is 2.07. The van der Waals surface area contributed by atoms with E-state index in [9.17, 15) is 14.5 Å². The highest BCUT2D eigenvalue weighted by Gasteiger charge is 2.31. The van der Waals surface area contributed by atoms with E-state index < -0.39 is 10.7 Å². The number of aromatic nitrogens is 2. The molecule has 0 bridgehead atoms. The summed E-state index contributed by atoms with van der Waals surface area (Å²) in [5.74, 6) is -0.705. The van der Waals surface area contributed by atoms with Crippen LogP contribution in [-0.4, -0.2) is 18.6 Å². The summed E-state index contributed by atoms with van der Waals surface area (Å²) in [7, 11) is 0. The molecule has 22 heavy (non-hydrogen) atoms. The molecule has 0 atom stereocenters. The number of rotatable bonds is 2. The van der Waals surface area contributed by atoms with E-state index in [1.54, 1.807) is 11.8 Å². The Balaban J connectivity index is 2.12. The van der Waals surface area contributed by atoms with E-state index in [-0.39, 0.29) is 21.1 Å². The van der Waals surface area contributed by atoms with E-state index in [0.29, 0.717) is 11.3 Å². The Labute approximate surface area is 138 Å². The van der Waals surface area contributed by atoms with Crippen molar-refractivity contribution in [3.05, 3.63) is 37.9 Å². The fourth-order valence-corrected chi connectivity index (χ4v) is 4.20. The molecule has 2 aromatic rings. The number of hydrogen-bond acceptors (Lipinski definition) is 6. The van der Waals surface area contributed by atoms with Gasteiger partial charge in [0, 0.05) is 35.0 Å². The first-order chi connectivity index (χ1) is 10.3. The van der Waals surface area contributed by atoms with E-state index in [1.807, 2.05) is 4.57 Å². The van der Waals surface area contributed by atoms with E-state index in [0.717, 1.165) is 28.8 Å². The van der Waals surface area contributed by atoms with Crippen LogP contribution < -0.4 is 4.80 Å². The van der Waals surface area contributed by atoms with Crippen LogP contribution in [0.1, 0.15) is 13.8 Å². The van der Waals surface area contributed by atoms with E-state index in [4.69, 9.17) is 11.6 Å². The summed E-state index contributed by atoms with van der Waals surface area (Å²) in [6.45, 7) is 4.85. The van der Waals surface area contributed by atoms with Gasteiger partial charge in [0.1, 0.15) is 10.7 Å². The minimum Gasteiger partial charge on any atom is -0.293 e. The van der Waals surface area contributed by atoms with Crippen LogP contribution in [0, 0.1) is 15.9 Å². The minimum atomic E-state index is -0.705. The molecule has 0 amide bonds. The summed E-state index contributed by atoms with van der Waals surface area (Å²) in [6, 6.07) is 1.95. The molecular weight excluding hydrogens is 351 g/mol. The quantitative estimate of drug-likeness (QED) is 0.603. The standard InChI is InChI=1S/C12H10ClFN4O2S2/c1-12(2)5-17-10(22-16-11(17)21-12)15-8-4-9(18(19)20)6(13)3-7(8)14/h3-4H,5H2,1-2H3. The fraction of sp³-hybridized carbons (Fsp3) is 0.333. The third-order valence-electron chi connectivity index (χ3n) is 3.00. The molecule has 1 aromatic heterocycles. The molecule has 0 unspecified atom stereocenters. The van der Waals surface area contributed by atoms with Crippen LogP contribution in [0.3, 0.4) is 0 Å². The molecule has 1 aromatic carbocycles. The third kappa shape index (κ3) is 2.75. The lowest BCUT2D eigenvalue weighted by atomic mass is 10.2. The molecular formula is C12H10ClFN4O2S2. The first-order valence-corrected chi connectivity index (χ1v) is 8.17. The zero-order valence-electron chi connectivity index (χ0n) is 11.5. The van der Waals surface area contributed by atoms with Crippen molar-refractivity contribution in [1.29, 1.82) is 0 Å². The maximum atomic E-state index is 14.0. The van der Waals surface area contributed by atoms with Crippen LogP contribution in [0.25, 0.3) is 0 Å². The Morgan fingerprint density at radius 2 is 2.27 bits per heavy atom. The predicted molar refractivity (Wildman–Crippen MR) is 83.3 cm³/mol. The number of halogens is 2. The third-order valence-corrected chi connectivity index (χ3v) is 5.34. The summed E-state index contributed by atoms with van der Waals surface area (Å²) in [4.78, 5) is 14.9. The van der Waals surface area contributed by atoms with Crippen LogP contribution in [-0.2, 0) is 6.54 Å². The summed E-state index contributed by atoms with van der Waals surface area (Å²) >= 11 is 8.42. The van der Waals surface area contributed by atoms with Crippen molar-refractivity contribution in [3.63, 3.8) is 0 Å². The highest BCUT2D eigenvalue weighted by Crippen LogP contribution is 2.39. The van der Waals surface area contributed by atoms with Gasteiger partial charge >= 0.3 is 0 Å². The van der Waals surface area contributed by atoms with Gasteiger partial charge in [-0.05, 0) is 13.8 Å². The minimum absolute atomic E-state index is 0.00881. The largest absolute Gasteiger partial charge is 0.293 e. The number of nitrogens with zero attached hydrogens (tertiary/aromatic N) is 4. The number of benzene rings is 1. The summed E-state index contributed by atoms with van der Waals surface area (Å²) in [5.41, 5.74) is -0.493. The van der Waals surface area contributed by atoms with Crippen LogP contribution in [0.2, 0.25) is 5.02 Å². The van der Waals surface area contributed by atoms with Crippen molar-refractivity contribution in [1.82, 2.24) is 8.94 Å². The molecule has 0 aliphatic carbocycles. The van der Waals surface area contributed by atoms with Gasteiger partial charge in [-0.2, -0.15) is 4.37 Å². The molecule has 116 valence electrons.